The zero-order valence-corrected chi connectivity index (χ0v) is 13.2. The van der Waals surface area contributed by atoms with Crippen LogP contribution in [0, 0.1) is 0 Å². The first-order chi connectivity index (χ1) is 8.33. The highest BCUT2D eigenvalue weighted by atomic mass is 35.5. The number of nitrogens with two attached hydrogens (primary N) is 1. The van der Waals surface area contributed by atoms with Crippen LogP contribution in [0.4, 0.5) is 0 Å². The maximum atomic E-state index is 11.4. The van der Waals surface area contributed by atoms with Gasteiger partial charge < -0.3 is 11.1 Å². The largest absolute Gasteiger partial charge is 0.355 e. The summed E-state index contributed by atoms with van der Waals surface area (Å²) in [4.78, 5) is 15.6. The fourth-order valence-corrected chi connectivity index (χ4v) is 2.05. The van der Waals surface area contributed by atoms with Crippen molar-refractivity contribution in [2.75, 3.05) is 18.8 Å². The minimum Gasteiger partial charge on any atom is -0.355 e. The SMILES string of the molecule is Cl.Cl.NCCCCNC(=O)CSCc1ccccn1. The predicted molar refractivity (Wildman–Crippen MR) is 86.2 cm³/mol. The normalized spacial score (nSPS) is 9.11. The van der Waals surface area contributed by atoms with E-state index in [1.54, 1.807) is 18.0 Å². The van der Waals surface area contributed by atoms with E-state index in [2.05, 4.69) is 10.3 Å². The molecule has 0 radical (unpaired) electrons. The number of nitrogens with one attached hydrogen (secondary N) is 1. The molecular formula is C12H21Cl2N3OS. The molecule has 1 aromatic rings. The van der Waals surface area contributed by atoms with Crippen LogP contribution in [0.25, 0.3) is 0 Å². The molecule has 0 aliphatic rings. The number of amides is 1. The number of aromatic nitrogens is 1. The fraction of sp³-hybridized carbons (Fsp3) is 0.500. The van der Waals surface area contributed by atoms with Gasteiger partial charge in [0.1, 0.15) is 0 Å². The van der Waals surface area contributed by atoms with Gasteiger partial charge in [-0.05, 0) is 31.5 Å². The van der Waals surface area contributed by atoms with E-state index >= 15 is 0 Å². The number of pyridine rings is 1. The van der Waals surface area contributed by atoms with Gasteiger partial charge in [0.2, 0.25) is 5.91 Å². The molecule has 7 heteroatoms. The van der Waals surface area contributed by atoms with Gasteiger partial charge in [0.15, 0.2) is 0 Å². The summed E-state index contributed by atoms with van der Waals surface area (Å²) < 4.78 is 0. The Kier molecular flexibility index (Phi) is 15.3. The molecule has 110 valence electrons. The molecule has 3 N–H and O–H groups in total. The summed E-state index contributed by atoms with van der Waals surface area (Å²) in [7, 11) is 0. The first-order valence-corrected chi connectivity index (χ1v) is 6.93. The smallest absolute Gasteiger partial charge is 0.230 e. The third-order valence-electron chi connectivity index (χ3n) is 2.16. The quantitative estimate of drug-likeness (QED) is 0.717. The van der Waals surface area contributed by atoms with Crippen LogP contribution in [-0.2, 0) is 10.5 Å². The fourth-order valence-electron chi connectivity index (χ4n) is 1.28. The number of thioether (sulfide) groups is 1. The van der Waals surface area contributed by atoms with E-state index in [0.29, 0.717) is 12.3 Å². The molecule has 1 amide bonds. The summed E-state index contributed by atoms with van der Waals surface area (Å²) in [6.07, 6.45) is 3.68. The van der Waals surface area contributed by atoms with E-state index in [0.717, 1.165) is 30.8 Å². The van der Waals surface area contributed by atoms with Crippen LogP contribution < -0.4 is 11.1 Å². The predicted octanol–water partition coefficient (Wildman–Crippen LogP) is 2.01. The number of nitrogens with zero attached hydrogens (tertiary/aromatic N) is 1. The number of halogens is 2. The Labute approximate surface area is 131 Å². The molecule has 0 aliphatic heterocycles. The summed E-state index contributed by atoms with van der Waals surface area (Å²) in [6.45, 7) is 1.41. The lowest BCUT2D eigenvalue weighted by Crippen LogP contribution is -2.26. The Morgan fingerprint density at radius 2 is 2.11 bits per heavy atom. The molecule has 0 saturated carbocycles. The zero-order chi connectivity index (χ0) is 12.3. The third-order valence-corrected chi connectivity index (χ3v) is 3.13. The van der Waals surface area contributed by atoms with Gasteiger partial charge in [-0.2, -0.15) is 0 Å². The van der Waals surface area contributed by atoms with Crippen LogP contribution in [0.15, 0.2) is 24.4 Å². The lowest BCUT2D eigenvalue weighted by molar-refractivity contribution is -0.118. The van der Waals surface area contributed by atoms with E-state index in [1.165, 1.54) is 0 Å². The summed E-state index contributed by atoms with van der Waals surface area (Å²) >= 11 is 1.58. The van der Waals surface area contributed by atoms with Gasteiger partial charge in [-0.1, -0.05) is 6.07 Å². The van der Waals surface area contributed by atoms with E-state index in [4.69, 9.17) is 5.73 Å². The molecule has 0 saturated heterocycles. The highest BCUT2D eigenvalue weighted by Crippen LogP contribution is 2.08. The van der Waals surface area contributed by atoms with Gasteiger partial charge in [0.05, 0.1) is 11.4 Å². The van der Waals surface area contributed by atoms with E-state index in [1.807, 2.05) is 18.2 Å². The van der Waals surface area contributed by atoms with Crippen LogP contribution in [0.2, 0.25) is 0 Å². The number of unbranched alkanes of at least 4 members (excludes halogenated alkanes) is 1. The first-order valence-electron chi connectivity index (χ1n) is 5.77. The molecule has 0 bridgehead atoms. The van der Waals surface area contributed by atoms with Crippen LogP contribution >= 0.6 is 36.6 Å². The molecule has 4 nitrogen and oxygen atoms in total. The van der Waals surface area contributed by atoms with Crippen molar-refractivity contribution < 1.29 is 4.79 Å². The van der Waals surface area contributed by atoms with Crippen LogP contribution in [0.1, 0.15) is 18.5 Å². The van der Waals surface area contributed by atoms with E-state index in [-0.39, 0.29) is 30.7 Å². The Morgan fingerprint density at radius 3 is 2.74 bits per heavy atom. The second kappa shape index (κ2) is 13.9. The number of carbonyl (C=O) groups is 1. The highest BCUT2D eigenvalue weighted by molar-refractivity contribution is 7.99. The van der Waals surface area contributed by atoms with Crippen LogP contribution in [-0.4, -0.2) is 29.7 Å². The molecule has 0 aliphatic carbocycles. The van der Waals surface area contributed by atoms with Crippen molar-refractivity contribution >= 4 is 42.5 Å². The Morgan fingerprint density at radius 1 is 1.32 bits per heavy atom. The lowest BCUT2D eigenvalue weighted by atomic mass is 10.3. The lowest BCUT2D eigenvalue weighted by Gasteiger charge is -2.04. The van der Waals surface area contributed by atoms with E-state index < -0.39 is 0 Å². The Hall–Kier alpha value is -0.490. The molecule has 0 fully saturated rings. The average Bonchev–Trinajstić information content (AvgIpc) is 2.36. The van der Waals surface area contributed by atoms with Gasteiger partial charge in [0.25, 0.3) is 0 Å². The monoisotopic (exact) mass is 325 g/mol. The third kappa shape index (κ3) is 11.1. The number of hydrogen-bond acceptors (Lipinski definition) is 4. The summed E-state index contributed by atoms with van der Waals surface area (Å²) in [5.74, 6) is 1.35. The van der Waals surface area contributed by atoms with Gasteiger partial charge in [-0.15, -0.1) is 36.6 Å². The molecule has 1 aromatic heterocycles. The average molecular weight is 326 g/mol. The number of hydrogen-bond donors (Lipinski definition) is 2. The van der Waals surface area contributed by atoms with Crippen molar-refractivity contribution in [1.29, 1.82) is 0 Å². The van der Waals surface area contributed by atoms with Gasteiger partial charge in [0, 0.05) is 18.5 Å². The molecule has 0 spiro atoms. The minimum atomic E-state index is 0. The zero-order valence-electron chi connectivity index (χ0n) is 10.7. The van der Waals surface area contributed by atoms with Gasteiger partial charge >= 0.3 is 0 Å². The molecular weight excluding hydrogens is 305 g/mol. The standard InChI is InChI=1S/C12H19N3OS.2ClH/c13-6-2-4-8-15-12(16)10-17-9-11-5-1-3-7-14-11;;/h1,3,5,7H,2,4,6,8-10,13H2,(H,15,16);2*1H. The van der Waals surface area contributed by atoms with Crippen molar-refractivity contribution in [1.82, 2.24) is 10.3 Å². The van der Waals surface area contributed by atoms with Crippen molar-refractivity contribution in [3.05, 3.63) is 30.1 Å². The van der Waals surface area contributed by atoms with Gasteiger partial charge in [-0.25, -0.2) is 0 Å². The molecule has 0 unspecified atom stereocenters. The maximum Gasteiger partial charge on any atom is 0.230 e. The molecule has 0 aromatic carbocycles. The minimum absolute atomic E-state index is 0. The van der Waals surface area contributed by atoms with Crippen molar-refractivity contribution in [2.45, 2.75) is 18.6 Å². The summed E-state index contributed by atoms with van der Waals surface area (Å²) in [6, 6.07) is 5.81. The van der Waals surface area contributed by atoms with Crippen LogP contribution in [0.5, 0.6) is 0 Å². The van der Waals surface area contributed by atoms with Crippen molar-refractivity contribution in [3.8, 4) is 0 Å². The topological polar surface area (TPSA) is 68.0 Å². The second-order valence-corrected chi connectivity index (χ2v) is 4.65. The molecule has 19 heavy (non-hydrogen) atoms. The van der Waals surface area contributed by atoms with Crippen molar-refractivity contribution in [3.63, 3.8) is 0 Å². The van der Waals surface area contributed by atoms with E-state index in [9.17, 15) is 4.79 Å². The molecule has 0 atom stereocenters. The molecule has 1 rings (SSSR count). The Bertz CT molecular complexity index is 328. The van der Waals surface area contributed by atoms with Crippen LogP contribution in [0.3, 0.4) is 0 Å². The maximum absolute atomic E-state index is 11.4. The van der Waals surface area contributed by atoms with Crippen molar-refractivity contribution in [2.24, 2.45) is 5.73 Å². The number of rotatable bonds is 8. The van der Waals surface area contributed by atoms with Gasteiger partial charge in [-0.3, -0.25) is 9.78 Å². The first kappa shape index (κ1) is 20.8. The number of carbonyl (C=O) groups excluding carboxylic acids is 1. The summed E-state index contributed by atoms with van der Waals surface area (Å²) in [5.41, 5.74) is 6.37. The highest BCUT2D eigenvalue weighted by Gasteiger charge is 2.01. The Balaban J connectivity index is 0. The molecule has 1 heterocycles. The summed E-state index contributed by atoms with van der Waals surface area (Å²) in [5, 5.41) is 2.87. The second-order valence-electron chi connectivity index (χ2n) is 3.66.